The van der Waals surface area contributed by atoms with Crippen LogP contribution in [0, 0.1) is 17.8 Å². The first kappa shape index (κ1) is 34.6. The Morgan fingerprint density at radius 3 is 2.70 bits per heavy atom. The predicted octanol–water partition coefficient (Wildman–Crippen LogP) is 7.53. The van der Waals surface area contributed by atoms with Gasteiger partial charge in [-0.3, -0.25) is 9.52 Å². The maximum Gasteiger partial charge on any atom is 0.263 e. The number of nitrogens with zero attached hydrogens (tertiary/aromatic N) is 2. The fourth-order valence-corrected chi connectivity index (χ4v) is 8.93. The van der Waals surface area contributed by atoms with Gasteiger partial charge in [-0.2, -0.15) is 0 Å². The van der Waals surface area contributed by atoms with Crippen LogP contribution in [0.15, 0.2) is 60.1 Å². The molecule has 1 amide bonds. The molecule has 2 bridgehead atoms. The smallest absolute Gasteiger partial charge is 0.263 e. The summed E-state index contributed by atoms with van der Waals surface area (Å²) in [6.45, 7) is 8.44. The zero-order valence-electron chi connectivity index (χ0n) is 27.2. The standard InChI is InChI=1S/C35H42ClN3O3S2.CH4O/c1-4-6-24-17-28(36)11-13-29(24)27-20-39-19-26-9-12-30(26)31(35-37-15-16-43-35)8-5-7-22(2)23(3)44(41)38-34(40)25-10-14-33(42-21-27)32(39)18-25;1-2/h5,8,10-11,13-18,22-23,26-27,30-31H,4,6-7,9,12,19-21H2,1-3H3,(H,38,40);2H,1H3/b8-5+;. The third kappa shape index (κ3) is 7.70. The molecule has 1 saturated carbocycles. The summed E-state index contributed by atoms with van der Waals surface area (Å²) in [5.74, 6) is 1.98. The molecule has 3 aliphatic rings. The van der Waals surface area contributed by atoms with Crippen LogP contribution in [0.1, 0.15) is 84.8 Å². The maximum atomic E-state index is 13.4. The van der Waals surface area contributed by atoms with E-state index in [4.69, 9.17) is 26.4 Å². The molecule has 46 heavy (non-hydrogen) atoms. The second-order valence-corrected chi connectivity index (χ2v) is 15.6. The number of hydrogen-bond donors (Lipinski definition) is 2. The van der Waals surface area contributed by atoms with Crippen molar-refractivity contribution < 1.29 is 18.8 Å². The van der Waals surface area contributed by atoms with Crippen LogP contribution in [-0.2, 0) is 17.4 Å². The Morgan fingerprint density at radius 1 is 1.15 bits per heavy atom. The number of carbonyl (C=O) groups excluding carboxylic acids is 1. The number of benzene rings is 2. The maximum absolute atomic E-state index is 13.4. The number of allylic oxidation sites excluding steroid dienone is 2. The summed E-state index contributed by atoms with van der Waals surface area (Å²) >= 11 is 8.17. The van der Waals surface area contributed by atoms with Crippen LogP contribution >= 0.6 is 22.9 Å². The summed E-state index contributed by atoms with van der Waals surface area (Å²) in [5.41, 5.74) is 3.98. The Balaban J connectivity index is 0.00000204. The third-order valence-corrected chi connectivity index (χ3v) is 12.5. The van der Waals surface area contributed by atoms with Crippen molar-refractivity contribution in [3.63, 3.8) is 0 Å². The highest BCUT2D eigenvalue weighted by Crippen LogP contribution is 2.47. The quantitative estimate of drug-likeness (QED) is 0.276. The number of carbonyl (C=O) groups is 1. The Hall–Kier alpha value is -2.72. The van der Waals surface area contributed by atoms with Crippen molar-refractivity contribution in [2.24, 2.45) is 17.8 Å². The number of hydrogen-bond acceptors (Lipinski definition) is 7. The first-order valence-corrected chi connectivity index (χ1v) is 18.8. The van der Waals surface area contributed by atoms with E-state index in [1.165, 1.54) is 16.1 Å². The number of aromatic nitrogens is 1. The Morgan fingerprint density at radius 2 is 1.98 bits per heavy atom. The van der Waals surface area contributed by atoms with Gasteiger partial charge in [-0.05, 0) is 91.8 Å². The van der Waals surface area contributed by atoms with Crippen LogP contribution in [0.3, 0.4) is 0 Å². The van der Waals surface area contributed by atoms with Crippen molar-refractivity contribution >= 4 is 45.5 Å². The van der Waals surface area contributed by atoms with Gasteiger partial charge in [0.1, 0.15) is 16.7 Å². The molecule has 0 radical (unpaired) electrons. The highest BCUT2D eigenvalue weighted by Gasteiger charge is 2.40. The van der Waals surface area contributed by atoms with E-state index in [9.17, 15) is 9.00 Å². The zero-order chi connectivity index (χ0) is 32.8. The second kappa shape index (κ2) is 15.9. The van der Waals surface area contributed by atoms with Crippen molar-refractivity contribution in [1.82, 2.24) is 9.71 Å². The lowest BCUT2D eigenvalue weighted by molar-refractivity contribution is 0.0982. The molecular weight excluding hydrogens is 638 g/mol. The minimum absolute atomic E-state index is 0.145. The molecule has 0 saturated heterocycles. The molecule has 2 N–H and O–H groups in total. The van der Waals surface area contributed by atoms with Gasteiger partial charge in [-0.15, -0.1) is 11.3 Å². The number of aliphatic hydroxyl groups is 1. The molecule has 0 spiro atoms. The summed E-state index contributed by atoms with van der Waals surface area (Å²) in [6, 6.07) is 11.9. The van der Waals surface area contributed by atoms with E-state index in [-0.39, 0.29) is 28.9 Å². The number of anilines is 1. The van der Waals surface area contributed by atoms with Crippen LogP contribution in [0.5, 0.6) is 5.75 Å². The number of nitrogens with one attached hydrogen (secondary N) is 1. The number of rotatable bonds is 4. The van der Waals surface area contributed by atoms with Crippen molar-refractivity contribution in [3.05, 3.63) is 86.8 Å². The van der Waals surface area contributed by atoms with Crippen molar-refractivity contribution in [1.29, 1.82) is 0 Å². The SMILES string of the molecule is CCCc1cc(Cl)ccc1C1COc2ccc3cc2N(C1)CC1CCC1C(c1nccs1)/C=C/CC(C)C(C)S(=O)NC3=O.CO. The number of fused-ring (bicyclic) bond motifs is 2. The molecule has 1 aliphatic carbocycles. The van der Waals surface area contributed by atoms with E-state index in [2.05, 4.69) is 53.1 Å². The monoisotopic (exact) mass is 683 g/mol. The Bertz CT molecular complexity index is 1530. The molecule has 2 aliphatic heterocycles. The summed E-state index contributed by atoms with van der Waals surface area (Å²) < 4.78 is 22.5. The molecule has 7 nitrogen and oxygen atoms in total. The molecule has 6 rings (SSSR count). The van der Waals surface area contributed by atoms with Gasteiger partial charge in [0, 0.05) is 54.2 Å². The predicted molar refractivity (Wildman–Crippen MR) is 190 cm³/mol. The van der Waals surface area contributed by atoms with E-state index in [1.54, 1.807) is 17.4 Å². The molecule has 7 atom stereocenters. The highest BCUT2D eigenvalue weighted by atomic mass is 35.5. The first-order chi connectivity index (χ1) is 22.3. The first-order valence-electron chi connectivity index (χ1n) is 16.3. The number of thiazole rings is 1. The number of halogens is 1. The molecule has 3 heterocycles. The molecule has 7 unspecified atom stereocenters. The second-order valence-electron chi connectivity index (χ2n) is 12.7. The van der Waals surface area contributed by atoms with Gasteiger partial charge >= 0.3 is 0 Å². The number of ether oxygens (including phenoxy) is 1. The summed E-state index contributed by atoms with van der Waals surface area (Å²) in [6.07, 6.45) is 11.6. The lowest BCUT2D eigenvalue weighted by Crippen LogP contribution is -2.42. The van der Waals surface area contributed by atoms with Crippen molar-refractivity contribution in [2.75, 3.05) is 31.7 Å². The topological polar surface area (TPSA) is 91.8 Å². The van der Waals surface area contributed by atoms with Crippen LogP contribution in [-0.4, -0.2) is 52.3 Å². The van der Waals surface area contributed by atoms with Crippen molar-refractivity contribution in [2.45, 2.75) is 70.0 Å². The molecular formula is C36H46ClN3O4S2. The average Bonchev–Trinajstić information content (AvgIpc) is 3.52. The Kier molecular flexibility index (Phi) is 12.0. The van der Waals surface area contributed by atoms with E-state index in [0.29, 0.717) is 24.0 Å². The summed E-state index contributed by atoms with van der Waals surface area (Å²) in [7, 11) is -0.509. The zero-order valence-corrected chi connectivity index (χ0v) is 29.5. The molecule has 10 heteroatoms. The number of aryl methyl sites for hydroxylation is 1. The lowest BCUT2D eigenvalue weighted by Gasteiger charge is -2.44. The van der Waals surface area contributed by atoms with Gasteiger partial charge in [0.05, 0.1) is 22.6 Å². The van der Waals surface area contributed by atoms with E-state index < -0.39 is 11.0 Å². The van der Waals surface area contributed by atoms with Crippen LogP contribution in [0.4, 0.5) is 5.69 Å². The van der Waals surface area contributed by atoms with E-state index >= 15 is 0 Å². The van der Waals surface area contributed by atoms with Crippen molar-refractivity contribution in [3.8, 4) is 5.75 Å². The van der Waals surface area contributed by atoms with Gasteiger partial charge < -0.3 is 14.7 Å². The molecule has 1 aromatic heterocycles. The van der Waals surface area contributed by atoms with Gasteiger partial charge in [0.15, 0.2) is 0 Å². The van der Waals surface area contributed by atoms with Gasteiger partial charge in [-0.1, -0.05) is 50.1 Å². The highest BCUT2D eigenvalue weighted by molar-refractivity contribution is 7.84. The minimum Gasteiger partial charge on any atom is -0.491 e. The normalized spacial score (nSPS) is 28.7. The molecule has 248 valence electrons. The van der Waals surface area contributed by atoms with Crippen LogP contribution in [0.2, 0.25) is 5.02 Å². The summed E-state index contributed by atoms with van der Waals surface area (Å²) in [4.78, 5) is 20.6. The number of amides is 1. The Labute approximate surface area is 285 Å². The van der Waals surface area contributed by atoms with Crippen LogP contribution in [0.25, 0.3) is 0 Å². The molecule has 3 aromatic rings. The largest absolute Gasteiger partial charge is 0.491 e. The van der Waals surface area contributed by atoms with Gasteiger partial charge in [0.25, 0.3) is 5.91 Å². The van der Waals surface area contributed by atoms with E-state index in [0.717, 1.165) is 68.8 Å². The average molecular weight is 684 g/mol. The van der Waals surface area contributed by atoms with Gasteiger partial charge in [0.2, 0.25) is 0 Å². The lowest BCUT2D eigenvalue weighted by atomic mass is 9.66. The van der Waals surface area contributed by atoms with Crippen LogP contribution < -0.4 is 14.4 Å². The fraction of sp³-hybridized carbons (Fsp3) is 0.500. The summed E-state index contributed by atoms with van der Waals surface area (Å²) in [5, 5.41) is 10.8. The third-order valence-electron chi connectivity index (χ3n) is 9.82. The van der Waals surface area contributed by atoms with Gasteiger partial charge in [-0.25, -0.2) is 9.19 Å². The minimum atomic E-state index is -1.51. The molecule has 2 aromatic carbocycles. The fourth-order valence-electron chi connectivity index (χ4n) is 6.93. The number of aliphatic hydroxyl groups excluding tert-OH is 1. The molecule has 1 fully saturated rings. The van der Waals surface area contributed by atoms with E-state index in [1.807, 2.05) is 31.3 Å².